The van der Waals surface area contributed by atoms with Crippen LogP contribution in [0.4, 0.5) is 18.9 Å². The van der Waals surface area contributed by atoms with Gasteiger partial charge in [0.2, 0.25) is 0 Å². The van der Waals surface area contributed by atoms with Crippen LogP contribution in [0.25, 0.3) is 0 Å². The predicted octanol–water partition coefficient (Wildman–Crippen LogP) is 3.89. The molecule has 2 heterocycles. The summed E-state index contributed by atoms with van der Waals surface area (Å²) in [7, 11) is 0. The van der Waals surface area contributed by atoms with Crippen LogP contribution in [-0.2, 0) is 6.18 Å². The van der Waals surface area contributed by atoms with Crippen molar-refractivity contribution in [3.8, 4) is 0 Å². The van der Waals surface area contributed by atoms with Gasteiger partial charge in [0, 0.05) is 42.7 Å². The van der Waals surface area contributed by atoms with Crippen molar-refractivity contribution in [1.29, 1.82) is 0 Å². The third kappa shape index (κ3) is 4.03. The third-order valence-electron chi connectivity index (χ3n) is 5.24. The molecule has 0 saturated carbocycles. The van der Waals surface area contributed by atoms with Gasteiger partial charge in [-0.25, -0.2) is 4.99 Å². The highest BCUT2D eigenvalue weighted by atomic mass is 35.5. The number of anilines is 1. The molecule has 29 heavy (non-hydrogen) atoms. The van der Waals surface area contributed by atoms with Crippen LogP contribution in [0, 0.1) is 0 Å². The smallest absolute Gasteiger partial charge is 0.383 e. The average molecular weight is 425 g/mol. The first kappa shape index (κ1) is 21.0. The Labute approximate surface area is 172 Å². The van der Waals surface area contributed by atoms with Crippen LogP contribution in [0.5, 0.6) is 0 Å². The monoisotopic (exact) mass is 424 g/mol. The first-order chi connectivity index (χ1) is 13.3. The van der Waals surface area contributed by atoms with Crippen molar-refractivity contribution in [2.24, 2.45) is 10.7 Å². The summed E-state index contributed by atoms with van der Waals surface area (Å²) in [5.74, 6) is 0.189. The van der Waals surface area contributed by atoms with E-state index < -0.39 is 17.4 Å². The van der Waals surface area contributed by atoms with Crippen LogP contribution < -0.4 is 11.1 Å². The van der Waals surface area contributed by atoms with Gasteiger partial charge in [-0.05, 0) is 36.4 Å². The number of benzene rings is 2. The van der Waals surface area contributed by atoms with Gasteiger partial charge in [0.1, 0.15) is 11.5 Å². The molecule has 1 amide bonds. The number of rotatable bonds is 1. The van der Waals surface area contributed by atoms with Gasteiger partial charge in [-0.15, -0.1) is 12.4 Å². The Morgan fingerprint density at radius 2 is 1.69 bits per heavy atom. The lowest BCUT2D eigenvalue weighted by Crippen LogP contribution is -2.52. The van der Waals surface area contributed by atoms with Crippen molar-refractivity contribution in [2.45, 2.75) is 24.7 Å². The molecule has 1 saturated heterocycles. The maximum absolute atomic E-state index is 12.7. The molecule has 1 spiro atoms. The Bertz CT molecular complexity index is 935. The van der Waals surface area contributed by atoms with Gasteiger partial charge in [0.25, 0.3) is 5.91 Å². The Morgan fingerprint density at radius 1 is 1.07 bits per heavy atom. The largest absolute Gasteiger partial charge is 0.416 e. The molecule has 2 aromatic rings. The molecule has 2 aliphatic heterocycles. The van der Waals surface area contributed by atoms with E-state index >= 15 is 0 Å². The van der Waals surface area contributed by atoms with E-state index in [2.05, 4.69) is 10.3 Å². The van der Waals surface area contributed by atoms with Crippen LogP contribution in [0.15, 0.2) is 53.5 Å². The summed E-state index contributed by atoms with van der Waals surface area (Å²) in [5, 5.41) is 3.44. The standard InChI is InChI=1S/C20H19F3N4O.ClH/c21-20(22,23)14-7-5-13(6-8-14)18(28)27-11-9-19(10-12-27)25-16-4-2-1-3-15(16)17(24)26-19;/h1-8,25H,9-12H2,(H2,24,26);1H. The molecule has 3 N–H and O–H groups in total. The topological polar surface area (TPSA) is 70.7 Å². The number of amides is 1. The molecule has 0 aromatic heterocycles. The summed E-state index contributed by atoms with van der Waals surface area (Å²) in [6.07, 6.45) is -3.29. The van der Waals surface area contributed by atoms with Gasteiger partial charge in [0.15, 0.2) is 0 Å². The number of halogens is 4. The number of nitrogens with two attached hydrogens (primary N) is 1. The molecule has 0 bridgehead atoms. The lowest BCUT2D eigenvalue weighted by atomic mass is 9.93. The van der Waals surface area contributed by atoms with Crippen LogP contribution >= 0.6 is 12.4 Å². The molecule has 4 rings (SSSR count). The molecule has 154 valence electrons. The maximum atomic E-state index is 12.7. The van der Waals surface area contributed by atoms with Gasteiger partial charge in [-0.3, -0.25) is 4.79 Å². The van der Waals surface area contributed by atoms with Crippen molar-refractivity contribution < 1.29 is 18.0 Å². The van der Waals surface area contributed by atoms with E-state index in [1.807, 2.05) is 24.3 Å². The number of fused-ring (bicyclic) bond motifs is 1. The Morgan fingerprint density at radius 3 is 2.31 bits per heavy atom. The molecule has 0 unspecified atom stereocenters. The summed E-state index contributed by atoms with van der Waals surface area (Å²) in [6.45, 7) is 0.873. The normalized spacial score (nSPS) is 17.6. The van der Waals surface area contributed by atoms with Gasteiger partial charge in [-0.2, -0.15) is 13.2 Å². The molecule has 0 atom stereocenters. The lowest BCUT2D eigenvalue weighted by molar-refractivity contribution is -0.137. The number of nitrogens with zero attached hydrogens (tertiary/aromatic N) is 2. The lowest BCUT2D eigenvalue weighted by Gasteiger charge is -2.42. The fourth-order valence-corrected chi connectivity index (χ4v) is 3.69. The number of carbonyl (C=O) groups excluding carboxylic acids is 1. The average Bonchev–Trinajstić information content (AvgIpc) is 2.67. The quantitative estimate of drug-likeness (QED) is 0.729. The second-order valence-corrected chi connectivity index (χ2v) is 7.07. The van der Waals surface area contributed by atoms with Gasteiger partial charge >= 0.3 is 6.18 Å². The summed E-state index contributed by atoms with van der Waals surface area (Å²) in [4.78, 5) is 18.9. The Hall–Kier alpha value is -2.74. The van der Waals surface area contributed by atoms with E-state index in [-0.39, 0.29) is 23.9 Å². The van der Waals surface area contributed by atoms with E-state index in [4.69, 9.17) is 5.73 Å². The SMILES string of the molecule is Cl.NC1=NC2(CCN(C(=O)c3ccc(C(F)(F)F)cc3)CC2)Nc2ccccc21. The first-order valence-corrected chi connectivity index (χ1v) is 8.97. The van der Waals surface area contributed by atoms with Gasteiger partial charge < -0.3 is 16.0 Å². The highest BCUT2D eigenvalue weighted by Crippen LogP contribution is 2.34. The first-order valence-electron chi connectivity index (χ1n) is 8.97. The minimum Gasteiger partial charge on any atom is -0.383 e. The summed E-state index contributed by atoms with van der Waals surface area (Å²) >= 11 is 0. The maximum Gasteiger partial charge on any atom is 0.416 e. The molecule has 1 fully saturated rings. The second kappa shape index (κ2) is 7.59. The number of carbonyl (C=O) groups is 1. The molecule has 2 aliphatic rings. The van der Waals surface area contributed by atoms with Gasteiger partial charge in [-0.1, -0.05) is 12.1 Å². The molecular weight excluding hydrogens is 405 g/mol. The summed E-state index contributed by atoms with van der Waals surface area (Å²) in [5.41, 5.74) is 6.81. The number of hydrogen-bond acceptors (Lipinski definition) is 4. The molecule has 5 nitrogen and oxygen atoms in total. The number of amidine groups is 1. The number of hydrogen-bond donors (Lipinski definition) is 2. The van der Waals surface area contributed by atoms with E-state index in [0.29, 0.717) is 31.8 Å². The van der Waals surface area contributed by atoms with Crippen molar-refractivity contribution in [2.75, 3.05) is 18.4 Å². The van der Waals surface area contributed by atoms with E-state index in [9.17, 15) is 18.0 Å². The van der Waals surface area contributed by atoms with Crippen LogP contribution in [0.3, 0.4) is 0 Å². The number of piperidine rings is 1. The zero-order valence-corrected chi connectivity index (χ0v) is 16.2. The van der Waals surface area contributed by atoms with Crippen LogP contribution in [0.1, 0.15) is 34.3 Å². The van der Waals surface area contributed by atoms with Crippen molar-refractivity contribution in [3.05, 3.63) is 65.2 Å². The van der Waals surface area contributed by atoms with Crippen LogP contribution in [0.2, 0.25) is 0 Å². The minimum absolute atomic E-state index is 0. The van der Waals surface area contributed by atoms with Gasteiger partial charge in [0.05, 0.1) is 5.56 Å². The van der Waals surface area contributed by atoms with E-state index in [1.165, 1.54) is 12.1 Å². The number of nitrogens with one attached hydrogen (secondary N) is 1. The Balaban J connectivity index is 0.00000240. The summed E-state index contributed by atoms with van der Waals surface area (Å²) < 4.78 is 38.1. The fraction of sp³-hybridized carbons (Fsp3) is 0.300. The minimum atomic E-state index is -4.42. The van der Waals surface area contributed by atoms with E-state index in [1.54, 1.807) is 4.90 Å². The second-order valence-electron chi connectivity index (χ2n) is 7.07. The number of alkyl halides is 3. The van der Waals surface area contributed by atoms with Crippen molar-refractivity contribution in [3.63, 3.8) is 0 Å². The molecular formula is C20H20ClF3N4O. The van der Waals surface area contributed by atoms with Crippen molar-refractivity contribution in [1.82, 2.24) is 4.90 Å². The third-order valence-corrected chi connectivity index (χ3v) is 5.24. The Kier molecular flexibility index (Phi) is 5.49. The predicted molar refractivity (Wildman–Crippen MR) is 107 cm³/mol. The zero-order valence-electron chi connectivity index (χ0n) is 15.4. The number of para-hydroxylation sites is 1. The molecule has 9 heteroatoms. The highest BCUT2D eigenvalue weighted by Gasteiger charge is 2.39. The molecule has 2 aromatic carbocycles. The number of likely N-dealkylation sites (tertiary alicyclic amines) is 1. The van der Waals surface area contributed by atoms with Crippen molar-refractivity contribution >= 4 is 29.8 Å². The molecule has 0 aliphatic carbocycles. The van der Waals surface area contributed by atoms with Crippen LogP contribution in [-0.4, -0.2) is 35.4 Å². The molecule has 0 radical (unpaired) electrons. The number of aliphatic imine (C=N–C) groups is 1. The fourth-order valence-electron chi connectivity index (χ4n) is 3.69. The summed E-state index contributed by atoms with van der Waals surface area (Å²) in [6, 6.07) is 12.0. The zero-order chi connectivity index (χ0) is 19.9. The van der Waals surface area contributed by atoms with E-state index in [0.717, 1.165) is 23.4 Å². The highest BCUT2D eigenvalue weighted by molar-refractivity contribution is 6.04.